The van der Waals surface area contributed by atoms with Crippen molar-refractivity contribution in [2.75, 3.05) is 5.43 Å². The Morgan fingerprint density at radius 2 is 1.94 bits per heavy atom. The van der Waals surface area contributed by atoms with Crippen molar-refractivity contribution in [3.05, 3.63) is 46.5 Å². The van der Waals surface area contributed by atoms with Crippen molar-refractivity contribution in [3.63, 3.8) is 0 Å². The number of nitrogens with zero attached hydrogens (tertiary/aromatic N) is 2. The third-order valence-electron chi connectivity index (χ3n) is 2.05. The summed E-state index contributed by atoms with van der Waals surface area (Å²) in [5.41, 5.74) is 5.22. The number of nitro benzene ring substituents is 1. The van der Waals surface area contributed by atoms with Gasteiger partial charge in [-0.15, -0.1) is 0 Å². The molecule has 0 unspecified atom stereocenters. The number of rotatable bonds is 4. The number of allylic oxidation sites excluding steroid dienone is 1. The summed E-state index contributed by atoms with van der Waals surface area (Å²) in [5.74, 6) is 0. The van der Waals surface area contributed by atoms with E-state index in [1.165, 1.54) is 12.1 Å². The topological polar surface area (TPSA) is 67.5 Å². The van der Waals surface area contributed by atoms with Crippen LogP contribution in [0, 0.1) is 10.1 Å². The summed E-state index contributed by atoms with van der Waals surface area (Å²) in [5, 5.41) is 14.5. The Kier molecular flexibility index (Phi) is 3.77. The second kappa shape index (κ2) is 5.06. The molecule has 0 heterocycles. The van der Waals surface area contributed by atoms with Gasteiger partial charge < -0.3 is 0 Å². The Bertz CT molecular complexity index is 435. The molecule has 5 heteroatoms. The third kappa shape index (κ3) is 3.20. The Balaban J connectivity index is 2.73. The van der Waals surface area contributed by atoms with Crippen LogP contribution in [0.2, 0.25) is 0 Å². The van der Waals surface area contributed by atoms with Gasteiger partial charge in [-0.05, 0) is 31.6 Å². The summed E-state index contributed by atoms with van der Waals surface area (Å²) in [7, 11) is 0. The number of hydrogen-bond donors (Lipinski definition) is 1. The molecule has 1 aromatic carbocycles. The molecule has 0 aliphatic rings. The van der Waals surface area contributed by atoms with E-state index in [0.717, 1.165) is 11.3 Å². The Labute approximate surface area is 93.6 Å². The number of hydrazone groups is 1. The molecule has 0 fully saturated rings. The molecule has 1 aromatic rings. The zero-order valence-electron chi connectivity index (χ0n) is 9.23. The summed E-state index contributed by atoms with van der Waals surface area (Å²) in [6.07, 6.45) is 0. The van der Waals surface area contributed by atoms with Crippen LogP contribution in [0.5, 0.6) is 0 Å². The maximum absolute atomic E-state index is 10.4. The van der Waals surface area contributed by atoms with Crippen LogP contribution in [-0.2, 0) is 0 Å². The highest BCUT2D eigenvalue weighted by atomic mass is 16.6. The molecule has 5 nitrogen and oxygen atoms in total. The fourth-order valence-electron chi connectivity index (χ4n) is 0.902. The zero-order valence-corrected chi connectivity index (χ0v) is 9.23. The molecule has 0 saturated carbocycles. The molecule has 0 radical (unpaired) electrons. The van der Waals surface area contributed by atoms with Crippen molar-refractivity contribution in [3.8, 4) is 0 Å². The predicted molar refractivity (Wildman–Crippen MR) is 64.6 cm³/mol. The summed E-state index contributed by atoms with van der Waals surface area (Å²) in [4.78, 5) is 9.98. The fourth-order valence-corrected chi connectivity index (χ4v) is 0.902. The first-order valence-corrected chi connectivity index (χ1v) is 4.71. The second-order valence-corrected chi connectivity index (χ2v) is 3.39. The fraction of sp³-hybridized carbons (Fsp3) is 0.182. The van der Waals surface area contributed by atoms with E-state index in [1.807, 2.05) is 13.8 Å². The minimum atomic E-state index is -0.438. The molecule has 0 aliphatic heterocycles. The minimum Gasteiger partial charge on any atom is -0.278 e. The van der Waals surface area contributed by atoms with Gasteiger partial charge in [0.1, 0.15) is 0 Å². The number of benzene rings is 1. The lowest BCUT2D eigenvalue weighted by Gasteiger charge is -2.02. The lowest BCUT2D eigenvalue weighted by molar-refractivity contribution is -0.384. The smallest absolute Gasteiger partial charge is 0.269 e. The maximum Gasteiger partial charge on any atom is 0.269 e. The highest BCUT2D eigenvalue weighted by Crippen LogP contribution is 2.15. The average molecular weight is 219 g/mol. The predicted octanol–water partition coefficient (Wildman–Crippen LogP) is 2.96. The summed E-state index contributed by atoms with van der Waals surface area (Å²) >= 11 is 0. The van der Waals surface area contributed by atoms with Gasteiger partial charge in [0.25, 0.3) is 5.69 Å². The van der Waals surface area contributed by atoms with Gasteiger partial charge in [-0.2, -0.15) is 5.10 Å². The van der Waals surface area contributed by atoms with Gasteiger partial charge in [0.2, 0.25) is 0 Å². The molecule has 0 saturated heterocycles. The molecular formula is C11H13N3O2. The molecular weight excluding hydrogens is 206 g/mol. The van der Waals surface area contributed by atoms with E-state index in [9.17, 15) is 10.1 Å². The maximum atomic E-state index is 10.4. The first-order chi connectivity index (χ1) is 7.50. The highest BCUT2D eigenvalue weighted by molar-refractivity contribution is 5.97. The van der Waals surface area contributed by atoms with Gasteiger partial charge in [0.05, 0.1) is 16.3 Å². The standard InChI is InChI=1S/C11H13N3O2/c1-8(2)9(3)12-13-10-4-6-11(7-5-10)14(15)16/h4-7,13H,1H2,2-3H3/b12-9-. The highest BCUT2D eigenvalue weighted by Gasteiger charge is 2.02. The van der Waals surface area contributed by atoms with Crippen molar-refractivity contribution < 1.29 is 4.92 Å². The zero-order chi connectivity index (χ0) is 12.1. The van der Waals surface area contributed by atoms with Gasteiger partial charge in [-0.3, -0.25) is 15.5 Å². The molecule has 0 aromatic heterocycles. The van der Waals surface area contributed by atoms with Crippen molar-refractivity contribution >= 4 is 17.1 Å². The number of hydrogen-bond acceptors (Lipinski definition) is 4. The molecule has 1 rings (SSSR count). The van der Waals surface area contributed by atoms with E-state index in [-0.39, 0.29) is 5.69 Å². The number of nitrogens with one attached hydrogen (secondary N) is 1. The third-order valence-corrected chi connectivity index (χ3v) is 2.05. The molecule has 0 amide bonds. The van der Waals surface area contributed by atoms with Crippen molar-refractivity contribution in [2.24, 2.45) is 5.10 Å². The van der Waals surface area contributed by atoms with Gasteiger partial charge in [0.15, 0.2) is 0 Å². The summed E-state index contributed by atoms with van der Waals surface area (Å²) < 4.78 is 0. The number of anilines is 1. The van der Waals surface area contributed by atoms with Crippen LogP contribution in [0.3, 0.4) is 0 Å². The van der Waals surface area contributed by atoms with Crippen LogP contribution in [-0.4, -0.2) is 10.6 Å². The lowest BCUT2D eigenvalue weighted by atomic mass is 10.2. The van der Waals surface area contributed by atoms with E-state index in [1.54, 1.807) is 12.1 Å². The number of non-ortho nitro benzene ring substituents is 1. The molecule has 84 valence electrons. The largest absolute Gasteiger partial charge is 0.278 e. The van der Waals surface area contributed by atoms with Crippen molar-refractivity contribution in [2.45, 2.75) is 13.8 Å². The second-order valence-electron chi connectivity index (χ2n) is 3.39. The van der Waals surface area contributed by atoms with Crippen LogP contribution < -0.4 is 5.43 Å². The first kappa shape index (κ1) is 11.9. The SMILES string of the molecule is C=C(C)/C(C)=N\Nc1ccc([N+](=O)[O-])cc1. The van der Waals surface area contributed by atoms with Gasteiger partial charge in [0, 0.05) is 12.1 Å². The Morgan fingerprint density at radius 1 is 1.38 bits per heavy atom. The van der Waals surface area contributed by atoms with E-state index < -0.39 is 4.92 Å². The van der Waals surface area contributed by atoms with Gasteiger partial charge in [-0.25, -0.2) is 0 Å². The molecule has 16 heavy (non-hydrogen) atoms. The van der Waals surface area contributed by atoms with Gasteiger partial charge >= 0.3 is 0 Å². The minimum absolute atomic E-state index is 0.0613. The van der Waals surface area contributed by atoms with Crippen LogP contribution >= 0.6 is 0 Å². The normalized spacial score (nSPS) is 11.0. The van der Waals surface area contributed by atoms with Crippen LogP contribution in [0.25, 0.3) is 0 Å². The van der Waals surface area contributed by atoms with Gasteiger partial charge in [-0.1, -0.05) is 6.58 Å². The van der Waals surface area contributed by atoms with Crippen LogP contribution in [0.15, 0.2) is 41.5 Å². The molecule has 0 atom stereocenters. The Hall–Kier alpha value is -2.17. The van der Waals surface area contributed by atoms with Crippen molar-refractivity contribution in [1.82, 2.24) is 0 Å². The molecule has 0 aliphatic carbocycles. The van der Waals surface area contributed by atoms with E-state index >= 15 is 0 Å². The van der Waals surface area contributed by atoms with Crippen LogP contribution in [0.4, 0.5) is 11.4 Å². The van der Waals surface area contributed by atoms with E-state index in [0.29, 0.717) is 5.69 Å². The lowest BCUT2D eigenvalue weighted by Crippen LogP contribution is -1.98. The molecule has 0 bridgehead atoms. The monoisotopic (exact) mass is 219 g/mol. The quantitative estimate of drug-likeness (QED) is 0.481. The van der Waals surface area contributed by atoms with Crippen LogP contribution in [0.1, 0.15) is 13.8 Å². The molecule has 0 spiro atoms. The molecule has 1 N–H and O–H groups in total. The number of nitro groups is 1. The van der Waals surface area contributed by atoms with E-state index in [4.69, 9.17) is 0 Å². The first-order valence-electron chi connectivity index (χ1n) is 4.71. The summed E-state index contributed by atoms with van der Waals surface area (Å²) in [6, 6.07) is 6.06. The van der Waals surface area contributed by atoms with E-state index in [2.05, 4.69) is 17.1 Å². The average Bonchev–Trinajstić information content (AvgIpc) is 2.26. The summed E-state index contributed by atoms with van der Waals surface area (Å²) in [6.45, 7) is 7.44. The van der Waals surface area contributed by atoms with Crippen molar-refractivity contribution in [1.29, 1.82) is 0 Å². The Morgan fingerprint density at radius 3 is 2.38 bits per heavy atom.